The Bertz CT molecular complexity index is 3320. The van der Waals surface area contributed by atoms with Gasteiger partial charge in [0, 0.05) is 16.7 Å². The molecule has 11 aromatic rings. The van der Waals surface area contributed by atoms with Crippen molar-refractivity contribution in [3.63, 3.8) is 0 Å². The molecule has 0 atom stereocenters. The standard InChI is InChI=1S/C59H38N2/c1-5-19-39(20-6-1)56-38-57(61-58(60-56)40-21-7-2-8-22-40)53-36-52-49-31-17-18-32-54(49)59(42-23-9-3-10-24-42,43-25-11-4-12-26-43)55(52)37-50(53)41-33-34-48-46-29-14-13-27-44(46)45-28-15-16-30-47(45)51(48)35-41/h1-38H. The van der Waals surface area contributed by atoms with E-state index in [1.165, 1.54) is 65.7 Å². The van der Waals surface area contributed by atoms with Crippen LogP contribution in [0.1, 0.15) is 22.3 Å². The highest BCUT2D eigenvalue weighted by atomic mass is 14.9. The van der Waals surface area contributed by atoms with Crippen molar-refractivity contribution in [3.8, 4) is 56.2 Å². The highest BCUT2D eigenvalue weighted by Gasteiger charge is 2.46. The SMILES string of the molecule is c1ccc(-c2cc(-c3cc4c(cc3-c3ccc5c6ccccc6c6ccccc6c5c3)C(c3ccccc3)(c3ccccc3)c3ccccc3-4)nc(-c3ccccc3)n2)cc1. The van der Waals surface area contributed by atoms with Gasteiger partial charge in [0.05, 0.1) is 16.8 Å². The van der Waals surface area contributed by atoms with Gasteiger partial charge in [-0.15, -0.1) is 0 Å². The Morgan fingerprint density at radius 1 is 0.262 bits per heavy atom. The summed E-state index contributed by atoms with van der Waals surface area (Å²) in [4.78, 5) is 10.7. The van der Waals surface area contributed by atoms with E-state index in [0.717, 1.165) is 39.2 Å². The van der Waals surface area contributed by atoms with Crippen LogP contribution in [0.3, 0.4) is 0 Å². The van der Waals surface area contributed by atoms with Gasteiger partial charge >= 0.3 is 0 Å². The van der Waals surface area contributed by atoms with Gasteiger partial charge in [-0.3, -0.25) is 0 Å². The molecule has 0 spiro atoms. The Kier molecular flexibility index (Phi) is 8.11. The molecule has 1 heterocycles. The number of rotatable bonds is 6. The lowest BCUT2D eigenvalue weighted by Crippen LogP contribution is -2.28. The summed E-state index contributed by atoms with van der Waals surface area (Å²) in [6.45, 7) is 0. The summed E-state index contributed by atoms with van der Waals surface area (Å²) in [5.74, 6) is 0.697. The van der Waals surface area contributed by atoms with E-state index in [4.69, 9.17) is 9.97 Å². The molecule has 0 fully saturated rings. The molecule has 0 amide bonds. The van der Waals surface area contributed by atoms with Crippen molar-refractivity contribution in [2.45, 2.75) is 5.41 Å². The molecule has 0 saturated heterocycles. The lowest BCUT2D eigenvalue weighted by Gasteiger charge is -2.34. The third-order valence-corrected chi connectivity index (χ3v) is 12.8. The average Bonchev–Trinajstić information content (AvgIpc) is 3.64. The van der Waals surface area contributed by atoms with Gasteiger partial charge in [0.1, 0.15) is 0 Å². The third kappa shape index (κ3) is 5.50. The van der Waals surface area contributed by atoms with Crippen LogP contribution >= 0.6 is 0 Å². The van der Waals surface area contributed by atoms with E-state index in [0.29, 0.717) is 5.82 Å². The first-order valence-corrected chi connectivity index (χ1v) is 21.0. The van der Waals surface area contributed by atoms with Crippen LogP contribution in [-0.2, 0) is 5.41 Å². The van der Waals surface area contributed by atoms with Crippen molar-refractivity contribution in [1.29, 1.82) is 0 Å². The minimum atomic E-state index is -0.558. The van der Waals surface area contributed by atoms with E-state index in [9.17, 15) is 0 Å². The van der Waals surface area contributed by atoms with E-state index in [-0.39, 0.29) is 0 Å². The highest BCUT2D eigenvalue weighted by molar-refractivity contribution is 6.25. The van der Waals surface area contributed by atoms with Gasteiger partial charge in [0.15, 0.2) is 5.82 Å². The summed E-state index contributed by atoms with van der Waals surface area (Å²) in [6.07, 6.45) is 0. The van der Waals surface area contributed by atoms with Crippen LogP contribution in [0.4, 0.5) is 0 Å². The number of aromatic nitrogens is 2. The van der Waals surface area contributed by atoms with Crippen molar-refractivity contribution in [3.05, 3.63) is 253 Å². The van der Waals surface area contributed by atoms with Crippen LogP contribution in [0.2, 0.25) is 0 Å². The third-order valence-electron chi connectivity index (χ3n) is 12.8. The van der Waals surface area contributed by atoms with Crippen LogP contribution in [0.25, 0.3) is 88.5 Å². The molecular formula is C59H38N2. The lowest BCUT2D eigenvalue weighted by molar-refractivity contribution is 0.769. The van der Waals surface area contributed by atoms with Crippen LogP contribution < -0.4 is 0 Å². The van der Waals surface area contributed by atoms with Crippen molar-refractivity contribution >= 4 is 32.3 Å². The highest BCUT2D eigenvalue weighted by Crippen LogP contribution is 2.58. The van der Waals surface area contributed by atoms with E-state index < -0.39 is 5.41 Å². The van der Waals surface area contributed by atoms with Gasteiger partial charge < -0.3 is 0 Å². The van der Waals surface area contributed by atoms with E-state index in [1.807, 2.05) is 6.07 Å². The Hall–Kier alpha value is -7.94. The molecule has 0 N–H and O–H groups in total. The molecule has 1 aliphatic rings. The number of nitrogens with zero attached hydrogens (tertiary/aromatic N) is 2. The topological polar surface area (TPSA) is 25.8 Å². The zero-order valence-corrected chi connectivity index (χ0v) is 33.3. The minimum absolute atomic E-state index is 0.558. The Balaban J connectivity index is 1.22. The van der Waals surface area contributed by atoms with E-state index in [1.54, 1.807) is 0 Å². The van der Waals surface area contributed by atoms with Gasteiger partial charge in [0.25, 0.3) is 0 Å². The molecule has 2 nitrogen and oxygen atoms in total. The van der Waals surface area contributed by atoms with Gasteiger partial charge in [-0.05, 0) is 101 Å². The fourth-order valence-corrected chi connectivity index (χ4v) is 10.1. The summed E-state index contributed by atoms with van der Waals surface area (Å²) in [7, 11) is 0. The molecule has 1 aromatic heterocycles. The normalized spacial score (nSPS) is 12.7. The molecule has 61 heavy (non-hydrogen) atoms. The first-order chi connectivity index (χ1) is 30.3. The second-order valence-electron chi connectivity index (χ2n) is 16.0. The summed E-state index contributed by atoms with van der Waals surface area (Å²) in [5, 5.41) is 7.52. The first kappa shape index (κ1) is 35.0. The predicted molar refractivity (Wildman–Crippen MR) is 254 cm³/mol. The predicted octanol–water partition coefficient (Wildman–Crippen LogP) is 15.0. The lowest BCUT2D eigenvalue weighted by atomic mass is 9.67. The monoisotopic (exact) mass is 774 g/mol. The largest absolute Gasteiger partial charge is 0.228 e. The molecule has 284 valence electrons. The molecule has 2 heteroatoms. The Morgan fingerprint density at radius 2 is 0.754 bits per heavy atom. The van der Waals surface area contributed by atoms with Crippen LogP contribution in [0.5, 0.6) is 0 Å². The Morgan fingerprint density at radius 3 is 1.38 bits per heavy atom. The van der Waals surface area contributed by atoms with Crippen molar-refractivity contribution in [2.24, 2.45) is 0 Å². The maximum Gasteiger partial charge on any atom is 0.160 e. The molecule has 0 unspecified atom stereocenters. The van der Waals surface area contributed by atoms with Gasteiger partial charge in [-0.25, -0.2) is 9.97 Å². The van der Waals surface area contributed by atoms with Crippen molar-refractivity contribution in [1.82, 2.24) is 9.97 Å². The van der Waals surface area contributed by atoms with Crippen LogP contribution in [0.15, 0.2) is 231 Å². The zero-order valence-electron chi connectivity index (χ0n) is 33.3. The molecule has 0 saturated carbocycles. The van der Waals surface area contributed by atoms with Gasteiger partial charge in [-0.1, -0.05) is 206 Å². The molecule has 0 aliphatic heterocycles. The zero-order chi connectivity index (χ0) is 40.3. The van der Waals surface area contributed by atoms with E-state index >= 15 is 0 Å². The van der Waals surface area contributed by atoms with Gasteiger partial charge in [-0.2, -0.15) is 0 Å². The Labute approximate surface area is 355 Å². The quantitative estimate of drug-likeness (QED) is 0.157. The molecule has 1 aliphatic carbocycles. The number of hydrogen-bond acceptors (Lipinski definition) is 2. The molecule has 12 rings (SSSR count). The summed E-state index contributed by atoms with van der Waals surface area (Å²) in [6, 6.07) is 83.7. The van der Waals surface area contributed by atoms with Crippen molar-refractivity contribution in [2.75, 3.05) is 0 Å². The minimum Gasteiger partial charge on any atom is -0.228 e. The second kappa shape index (κ2) is 14.1. The maximum absolute atomic E-state index is 5.46. The average molecular weight is 775 g/mol. The second-order valence-corrected chi connectivity index (χ2v) is 16.0. The molecular weight excluding hydrogens is 737 g/mol. The summed E-state index contributed by atoms with van der Waals surface area (Å²) >= 11 is 0. The summed E-state index contributed by atoms with van der Waals surface area (Å²) in [5.41, 5.74) is 14.0. The van der Waals surface area contributed by atoms with Crippen LogP contribution in [-0.4, -0.2) is 9.97 Å². The first-order valence-electron chi connectivity index (χ1n) is 21.0. The fourth-order valence-electron chi connectivity index (χ4n) is 10.1. The van der Waals surface area contributed by atoms with Gasteiger partial charge in [0.2, 0.25) is 0 Å². The maximum atomic E-state index is 5.46. The smallest absolute Gasteiger partial charge is 0.160 e. The van der Waals surface area contributed by atoms with E-state index in [2.05, 4.69) is 224 Å². The molecule has 0 radical (unpaired) electrons. The summed E-state index contributed by atoms with van der Waals surface area (Å²) < 4.78 is 0. The van der Waals surface area contributed by atoms with Crippen LogP contribution in [0, 0.1) is 0 Å². The number of benzene rings is 10. The van der Waals surface area contributed by atoms with Crippen molar-refractivity contribution < 1.29 is 0 Å². The number of fused-ring (bicyclic) bond motifs is 9. The number of hydrogen-bond donors (Lipinski definition) is 0. The molecule has 10 aromatic carbocycles. The fraction of sp³-hybridized carbons (Fsp3) is 0.0169. The molecule has 0 bridgehead atoms.